The minimum atomic E-state index is -0.106. The fourth-order valence-electron chi connectivity index (χ4n) is 5.90. The zero-order chi connectivity index (χ0) is 31.4. The van der Waals surface area contributed by atoms with Crippen LogP contribution in [0, 0.1) is 17.8 Å². The SMILES string of the molecule is C=C/C(C)=C\C(C)/C(=C\C(=N/C)C1=CC(=O)C(=C)CC(/C(C)=C\C(=C/C)C2CCC(=C)C(CCCC)CC2)=N1)C(=C)C. The summed E-state index contributed by atoms with van der Waals surface area (Å²) in [5, 5.41) is 0. The van der Waals surface area contributed by atoms with Gasteiger partial charge in [0.1, 0.15) is 0 Å². The summed E-state index contributed by atoms with van der Waals surface area (Å²) >= 11 is 0. The lowest BCUT2D eigenvalue weighted by Gasteiger charge is -2.18. The highest BCUT2D eigenvalue weighted by atomic mass is 16.1. The molecule has 42 heavy (non-hydrogen) atoms. The molecule has 0 spiro atoms. The molecule has 3 nitrogen and oxygen atoms in total. The Hall–Kier alpha value is -3.33. The first-order valence-electron chi connectivity index (χ1n) is 15.6. The van der Waals surface area contributed by atoms with Crippen molar-refractivity contribution in [2.45, 2.75) is 92.9 Å². The smallest absolute Gasteiger partial charge is 0.183 e. The minimum absolute atomic E-state index is 0.105. The van der Waals surface area contributed by atoms with E-state index in [1.165, 1.54) is 43.3 Å². The monoisotopic (exact) mass is 566 g/mol. The molecule has 1 aliphatic carbocycles. The molecule has 2 aliphatic rings. The fourth-order valence-corrected chi connectivity index (χ4v) is 5.90. The largest absolute Gasteiger partial charge is 0.290 e. The fraction of sp³-hybridized carbons (Fsp3) is 0.462. The van der Waals surface area contributed by atoms with Crippen molar-refractivity contribution in [2.24, 2.45) is 27.7 Å². The first-order valence-corrected chi connectivity index (χ1v) is 15.6. The lowest BCUT2D eigenvalue weighted by molar-refractivity contribution is -0.111. The van der Waals surface area contributed by atoms with E-state index < -0.39 is 0 Å². The van der Waals surface area contributed by atoms with E-state index in [0.717, 1.165) is 40.8 Å². The van der Waals surface area contributed by atoms with Crippen molar-refractivity contribution in [1.82, 2.24) is 0 Å². The maximum absolute atomic E-state index is 13.0. The predicted octanol–water partition coefficient (Wildman–Crippen LogP) is 10.6. The van der Waals surface area contributed by atoms with E-state index in [4.69, 9.17) is 4.99 Å². The molecule has 0 aromatic rings. The Labute approximate surface area is 256 Å². The van der Waals surface area contributed by atoms with E-state index in [1.54, 1.807) is 13.1 Å². The number of nitrogens with zero attached hydrogens (tertiary/aromatic N) is 2. The molecule has 1 aliphatic heterocycles. The van der Waals surface area contributed by atoms with Gasteiger partial charge in [0.25, 0.3) is 0 Å². The van der Waals surface area contributed by atoms with E-state index in [-0.39, 0.29) is 11.7 Å². The summed E-state index contributed by atoms with van der Waals surface area (Å²) in [5.41, 5.74) is 9.54. The van der Waals surface area contributed by atoms with Gasteiger partial charge in [-0.3, -0.25) is 14.8 Å². The van der Waals surface area contributed by atoms with Crippen molar-refractivity contribution in [3.63, 3.8) is 0 Å². The standard InChI is InChI=1S/C39H54N2O/c1-12-15-16-33-19-20-34(18-17-28(33)7)32(14-3)22-30(9)36-23-31(10)39(42)25-38(41-36)37(40-11)24-35(26(4)5)29(8)21-27(6)13-2/h13-14,21-22,24-25,29,33-34H,2,4,7,10,12,15-20,23H2,1,3,5-6,8-9,11H3/b27-21-,30-22-,32-14+,35-24-,40-37+. The summed E-state index contributed by atoms with van der Waals surface area (Å²) in [6, 6.07) is 0. The molecule has 226 valence electrons. The summed E-state index contributed by atoms with van der Waals surface area (Å²) in [6.45, 7) is 29.3. The third-order valence-electron chi connectivity index (χ3n) is 8.67. The summed E-state index contributed by atoms with van der Waals surface area (Å²) in [5.74, 6) is 1.15. The number of ketones is 1. The van der Waals surface area contributed by atoms with Crippen LogP contribution in [0.3, 0.4) is 0 Å². The van der Waals surface area contributed by atoms with Crippen LogP contribution in [0.25, 0.3) is 0 Å². The van der Waals surface area contributed by atoms with Crippen LogP contribution in [0.5, 0.6) is 0 Å². The van der Waals surface area contributed by atoms with Crippen LogP contribution in [0.15, 0.2) is 117 Å². The second kappa shape index (κ2) is 16.9. The predicted molar refractivity (Wildman–Crippen MR) is 185 cm³/mol. The van der Waals surface area contributed by atoms with Crippen LogP contribution in [-0.4, -0.2) is 24.3 Å². The Morgan fingerprint density at radius 1 is 1.17 bits per heavy atom. The van der Waals surface area contributed by atoms with Gasteiger partial charge >= 0.3 is 0 Å². The highest BCUT2D eigenvalue weighted by molar-refractivity contribution is 6.20. The molecule has 0 radical (unpaired) electrons. The molecule has 0 amide bonds. The highest BCUT2D eigenvalue weighted by Crippen LogP contribution is 2.37. The quantitative estimate of drug-likeness (QED) is 0.0761. The highest BCUT2D eigenvalue weighted by Gasteiger charge is 2.24. The van der Waals surface area contributed by atoms with Gasteiger partial charge in [0.05, 0.1) is 11.4 Å². The maximum atomic E-state index is 13.0. The number of carbonyl (C=O) groups is 1. The van der Waals surface area contributed by atoms with Crippen LogP contribution < -0.4 is 0 Å². The number of hydrogen-bond acceptors (Lipinski definition) is 3. The van der Waals surface area contributed by atoms with Crippen molar-refractivity contribution in [3.8, 4) is 0 Å². The molecule has 0 bridgehead atoms. The lowest BCUT2D eigenvalue weighted by Crippen LogP contribution is -2.08. The molecule has 2 rings (SSSR count). The van der Waals surface area contributed by atoms with Crippen molar-refractivity contribution in [1.29, 1.82) is 0 Å². The molecule has 0 aromatic carbocycles. The number of hydrogen-bond donors (Lipinski definition) is 0. The summed E-state index contributed by atoms with van der Waals surface area (Å²) in [4.78, 5) is 22.7. The van der Waals surface area contributed by atoms with Crippen molar-refractivity contribution in [2.75, 3.05) is 7.05 Å². The van der Waals surface area contributed by atoms with Gasteiger partial charge in [-0.05, 0) is 106 Å². The molecule has 3 atom stereocenters. The Balaban J connectivity index is 2.45. The van der Waals surface area contributed by atoms with E-state index in [2.05, 4.69) is 77.2 Å². The molecule has 0 N–H and O–H groups in total. The second-order valence-electron chi connectivity index (χ2n) is 12.1. The number of allylic oxidation sites excluding steroid dienone is 13. The number of carbonyl (C=O) groups excluding carboxylic acids is 1. The molecule has 0 saturated heterocycles. The van der Waals surface area contributed by atoms with Gasteiger partial charge < -0.3 is 0 Å². The number of aliphatic imine (C=N–C) groups is 2. The van der Waals surface area contributed by atoms with Gasteiger partial charge in [-0.15, -0.1) is 0 Å². The first kappa shape index (κ1) is 34.9. The minimum Gasteiger partial charge on any atom is -0.290 e. The molecule has 1 heterocycles. The van der Waals surface area contributed by atoms with E-state index in [0.29, 0.717) is 35.2 Å². The van der Waals surface area contributed by atoms with Crippen LogP contribution in [0.4, 0.5) is 0 Å². The van der Waals surface area contributed by atoms with Gasteiger partial charge in [0.15, 0.2) is 5.78 Å². The summed E-state index contributed by atoms with van der Waals surface area (Å²) in [7, 11) is 1.74. The number of rotatable bonds is 12. The Morgan fingerprint density at radius 3 is 2.48 bits per heavy atom. The van der Waals surface area contributed by atoms with Crippen molar-refractivity contribution < 1.29 is 4.79 Å². The molecule has 3 heteroatoms. The topological polar surface area (TPSA) is 41.8 Å². The van der Waals surface area contributed by atoms with Crippen molar-refractivity contribution >= 4 is 17.2 Å². The lowest BCUT2D eigenvalue weighted by atomic mass is 9.88. The van der Waals surface area contributed by atoms with E-state index in [9.17, 15) is 4.79 Å². The van der Waals surface area contributed by atoms with E-state index in [1.807, 2.05) is 26.0 Å². The molecular weight excluding hydrogens is 512 g/mol. The van der Waals surface area contributed by atoms with E-state index >= 15 is 0 Å². The van der Waals surface area contributed by atoms with Crippen molar-refractivity contribution in [3.05, 3.63) is 107 Å². The van der Waals surface area contributed by atoms with Crippen LogP contribution in [0.1, 0.15) is 92.9 Å². The zero-order valence-corrected chi connectivity index (χ0v) is 27.5. The Morgan fingerprint density at radius 2 is 1.88 bits per heavy atom. The average Bonchev–Trinajstić information content (AvgIpc) is 3.23. The van der Waals surface area contributed by atoms with Gasteiger partial charge in [0.2, 0.25) is 0 Å². The second-order valence-corrected chi connectivity index (χ2v) is 12.1. The van der Waals surface area contributed by atoms with Crippen LogP contribution in [0.2, 0.25) is 0 Å². The molecule has 1 fully saturated rings. The van der Waals surface area contributed by atoms with Crippen LogP contribution >= 0.6 is 0 Å². The molecule has 3 unspecified atom stereocenters. The Bertz CT molecular complexity index is 1290. The number of unbranched alkanes of at least 4 members (excludes halogenated alkanes) is 1. The molecular formula is C39H54N2O. The van der Waals surface area contributed by atoms with Gasteiger partial charge in [-0.2, -0.15) is 0 Å². The van der Waals surface area contributed by atoms with Gasteiger partial charge in [-0.1, -0.05) is 94.0 Å². The zero-order valence-electron chi connectivity index (χ0n) is 27.5. The summed E-state index contributed by atoms with van der Waals surface area (Å²) < 4.78 is 0. The summed E-state index contributed by atoms with van der Waals surface area (Å²) in [6.07, 6.45) is 20.9. The maximum Gasteiger partial charge on any atom is 0.183 e. The van der Waals surface area contributed by atoms with Crippen LogP contribution in [-0.2, 0) is 4.79 Å². The average molecular weight is 567 g/mol. The van der Waals surface area contributed by atoms with Gasteiger partial charge in [0, 0.05) is 25.3 Å². The molecule has 1 saturated carbocycles. The third-order valence-corrected chi connectivity index (χ3v) is 8.67. The Kier molecular flexibility index (Phi) is 14.1. The normalized spacial score (nSPS) is 22.7. The van der Waals surface area contributed by atoms with Gasteiger partial charge in [-0.25, -0.2) is 0 Å². The molecule has 0 aromatic heterocycles. The third kappa shape index (κ3) is 9.89. The first-order chi connectivity index (χ1) is 19.9.